The molecule has 0 saturated carbocycles. The summed E-state index contributed by atoms with van der Waals surface area (Å²) in [6.07, 6.45) is 1.48. The molecule has 9 nitrogen and oxygen atoms in total. The molecule has 0 spiro atoms. The predicted molar refractivity (Wildman–Crippen MR) is 105 cm³/mol. The molecule has 0 aromatic carbocycles. The van der Waals surface area contributed by atoms with Crippen molar-refractivity contribution in [3.05, 3.63) is 0 Å². The van der Waals surface area contributed by atoms with Gasteiger partial charge in [-0.1, -0.05) is 0 Å². The molecule has 9 heteroatoms. The maximum Gasteiger partial charge on any atom is 0.410 e. The summed E-state index contributed by atoms with van der Waals surface area (Å²) < 4.78 is 10.5. The Labute approximate surface area is 162 Å². The van der Waals surface area contributed by atoms with E-state index in [0.29, 0.717) is 32.2 Å². The molecule has 1 aliphatic heterocycles. The average molecular weight is 386 g/mol. The van der Waals surface area contributed by atoms with Gasteiger partial charge in [-0.15, -0.1) is 0 Å². The van der Waals surface area contributed by atoms with Crippen LogP contribution in [0.4, 0.5) is 4.79 Å². The molecule has 1 fully saturated rings. The van der Waals surface area contributed by atoms with Gasteiger partial charge in [-0.05, 0) is 33.6 Å². The summed E-state index contributed by atoms with van der Waals surface area (Å²) in [5, 5.41) is 6.47. The highest BCUT2D eigenvalue weighted by Crippen LogP contribution is 2.15. The van der Waals surface area contributed by atoms with Crippen molar-refractivity contribution in [2.45, 2.75) is 45.3 Å². The molecule has 2 N–H and O–H groups in total. The van der Waals surface area contributed by atoms with Crippen LogP contribution >= 0.6 is 0 Å². The van der Waals surface area contributed by atoms with Gasteiger partial charge in [-0.3, -0.25) is 4.79 Å². The van der Waals surface area contributed by atoms with E-state index in [0.717, 1.165) is 12.8 Å². The monoisotopic (exact) mass is 385 g/mol. The third kappa shape index (κ3) is 9.46. The number of aliphatic imine (C=N–C) groups is 1. The molecule has 1 rings (SSSR count). The van der Waals surface area contributed by atoms with Crippen molar-refractivity contribution >= 4 is 18.0 Å². The maximum atomic E-state index is 12.3. The number of nitrogens with zero attached hydrogens (tertiary/aromatic N) is 3. The topological polar surface area (TPSA) is 95.5 Å². The van der Waals surface area contributed by atoms with Crippen LogP contribution in [0, 0.1) is 0 Å². The van der Waals surface area contributed by atoms with Gasteiger partial charge in [0, 0.05) is 46.9 Å². The van der Waals surface area contributed by atoms with E-state index in [1.807, 2.05) is 20.8 Å². The van der Waals surface area contributed by atoms with Crippen molar-refractivity contribution in [3.63, 3.8) is 0 Å². The number of hydrogen-bond acceptors (Lipinski definition) is 5. The second kappa shape index (κ2) is 11.0. The zero-order chi connectivity index (χ0) is 20.4. The first kappa shape index (κ1) is 23.0. The second-order valence-electron chi connectivity index (χ2n) is 7.78. The first-order valence-corrected chi connectivity index (χ1v) is 9.34. The van der Waals surface area contributed by atoms with E-state index in [-0.39, 0.29) is 24.6 Å². The normalized spacial score (nSPS) is 18.1. The van der Waals surface area contributed by atoms with Crippen LogP contribution in [0.3, 0.4) is 0 Å². The Morgan fingerprint density at radius 2 is 2.00 bits per heavy atom. The number of likely N-dealkylation sites (tertiary alicyclic amines) is 1. The van der Waals surface area contributed by atoms with Crippen LogP contribution in [0.15, 0.2) is 4.99 Å². The Bertz CT molecular complexity index is 516. The Morgan fingerprint density at radius 1 is 1.30 bits per heavy atom. The van der Waals surface area contributed by atoms with Gasteiger partial charge in [-0.25, -0.2) is 9.79 Å². The number of carbonyl (C=O) groups excluding carboxylic acids is 2. The molecule has 1 saturated heterocycles. The highest BCUT2D eigenvalue weighted by atomic mass is 16.6. The smallest absolute Gasteiger partial charge is 0.410 e. The van der Waals surface area contributed by atoms with E-state index in [9.17, 15) is 9.59 Å². The Kier molecular flexibility index (Phi) is 9.34. The van der Waals surface area contributed by atoms with E-state index in [1.165, 1.54) is 4.90 Å². The molecular weight excluding hydrogens is 350 g/mol. The lowest BCUT2D eigenvalue weighted by Crippen LogP contribution is -2.53. The van der Waals surface area contributed by atoms with Gasteiger partial charge in [0.05, 0.1) is 6.61 Å². The lowest BCUT2D eigenvalue weighted by molar-refractivity contribution is -0.127. The van der Waals surface area contributed by atoms with Crippen molar-refractivity contribution < 1.29 is 19.1 Å². The van der Waals surface area contributed by atoms with Crippen LogP contribution in [-0.2, 0) is 14.3 Å². The first-order chi connectivity index (χ1) is 12.6. The standard InChI is InChI=1S/C18H35N5O4/c1-18(2,3)27-17(25)23-10-7-8-14(13-23)21-16(19-9-11-26-6)20-12-15(24)22(4)5/h14H,7-13H2,1-6H3,(H2,19,20,21). The van der Waals surface area contributed by atoms with Gasteiger partial charge < -0.3 is 29.9 Å². The molecular formula is C18H35N5O4. The summed E-state index contributed by atoms with van der Waals surface area (Å²) in [5.74, 6) is 0.458. The molecule has 0 radical (unpaired) electrons. The van der Waals surface area contributed by atoms with E-state index in [4.69, 9.17) is 9.47 Å². The molecule has 0 bridgehead atoms. The molecule has 2 amide bonds. The van der Waals surface area contributed by atoms with E-state index in [1.54, 1.807) is 26.1 Å². The van der Waals surface area contributed by atoms with Gasteiger partial charge in [0.25, 0.3) is 0 Å². The summed E-state index contributed by atoms with van der Waals surface area (Å²) in [6, 6.07) is 0.0366. The van der Waals surface area contributed by atoms with Crippen LogP contribution in [0.25, 0.3) is 0 Å². The van der Waals surface area contributed by atoms with Crippen LogP contribution < -0.4 is 10.6 Å². The van der Waals surface area contributed by atoms with Crippen molar-refractivity contribution in [1.82, 2.24) is 20.4 Å². The quantitative estimate of drug-likeness (QED) is 0.396. The van der Waals surface area contributed by atoms with E-state index in [2.05, 4.69) is 15.6 Å². The maximum absolute atomic E-state index is 12.3. The minimum absolute atomic E-state index is 0.0366. The zero-order valence-corrected chi connectivity index (χ0v) is 17.5. The first-order valence-electron chi connectivity index (χ1n) is 9.34. The number of ether oxygens (including phenoxy) is 2. The Hall–Kier alpha value is -2.03. The molecule has 1 heterocycles. The summed E-state index contributed by atoms with van der Waals surface area (Å²) in [4.78, 5) is 31.7. The highest BCUT2D eigenvalue weighted by Gasteiger charge is 2.28. The van der Waals surface area contributed by atoms with Crippen LogP contribution in [0.2, 0.25) is 0 Å². The minimum atomic E-state index is -0.516. The van der Waals surface area contributed by atoms with Crippen LogP contribution in [-0.4, -0.2) is 93.4 Å². The van der Waals surface area contributed by atoms with Gasteiger partial charge >= 0.3 is 6.09 Å². The fourth-order valence-electron chi connectivity index (χ4n) is 2.49. The minimum Gasteiger partial charge on any atom is -0.444 e. The number of piperidine rings is 1. The molecule has 27 heavy (non-hydrogen) atoms. The molecule has 156 valence electrons. The fourth-order valence-corrected chi connectivity index (χ4v) is 2.49. The van der Waals surface area contributed by atoms with Gasteiger partial charge in [0.1, 0.15) is 12.1 Å². The Balaban J connectivity index is 2.67. The predicted octanol–water partition coefficient (Wildman–Crippen LogP) is 0.656. The van der Waals surface area contributed by atoms with Crippen molar-refractivity contribution in [2.75, 3.05) is 54.0 Å². The number of hydrogen-bond donors (Lipinski definition) is 2. The molecule has 0 aliphatic carbocycles. The number of methoxy groups -OCH3 is 1. The number of likely N-dealkylation sites (N-methyl/N-ethyl adjacent to an activating group) is 1. The number of nitrogens with one attached hydrogen (secondary N) is 2. The van der Waals surface area contributed by atoms with Gasteiger partial charge in [0.15, 0.2) is 5.96 Å². The third-order valence-electron chi connectivity index (χ3n) is 3.88. The highest BCUT2D eigenvalue weighted by molar-refractivity contribution is 5.85. The second-order valence-corrected chi connectivity index (χ2v) is 7.78. The average Bonchev–Trinajstić information content (AvgIpc) is 2.58. The van der Waals surface area contributed by atoms with Crippen LogP contribution in [0.5, 0.6) is 0 Å². The Morgan fingerprint density at radius 3 is 2.59 bits per heavy atom. The molecule has 1 atom stereocenters. The number of carbonyl (C=O) groups is 2. The van der Waals surface area contributed by atoms with E-state index < -0.39 is 5.60 Å². The number of rotatable bonds is 6. The lowest BCUT2D eigenvalue weighted by atomic mass is 10.1. The van der Waals surface area contributed by atoms with Crippen molar-refractivity contribution in [3.8, 4) is 0 Å². The summed E-state index contributed by atoms with van der Waals surface area (Å²) in [7, 11) is 5.02. The third-order valence-corrected chi connectivity index (χ3v) is 3.88. The number of guanidine groups is 1. The van der Waals surface area contributed by atoms with Crippen molar-refractivity contribution in [1.29, 1.82) is 0 Å². The van der Waals surface area contributed by atoms with Crippen LogP contribution in [0.1, 0.15) is 33.6 Å². The van der Waals surface area contributed by atoms with E-state index >= 15 is 0 Å². The van der Waals surface area contributed by atoms with Crippen molar-refractivity contribution in [2.24, 2.45) is 4.99 Å². The van der Waals surface area contributed by atoms with Gasteiger partial charge in [-0.2, -0.15) is 0 Å². The largest absolute Gasteiger partial charge is 0.444 e. The molecule has 1 aliphatic rings. The summed E-state index contributed by atoms with van der Waals surface area (Å²) >= 11 is 0. The molecule has 0 aromatic rings. The zero-order valence-electron chi connectivity index (χ0n) is 17.5. The number of amides is 2. The summed E-state index contributed by atoms with van der Waals surface area (Å²) in [5.41, 5.74) is -0.516. The fraction of sp³-hybridized carbons (Fsp3) is 0.833. The SMILES string of the molecule is COCCNC(=NCC(=O)N(C)C)NC1CCCN(C(=O)OC(C)(C)C)C1. The lowest BCUT2D eigenvalue weighted by Gasteiger charge is -2.35. The molecule has 1 unspecified atom stereocenters. The summed E-state index contributed by atoms with van der Waals surface area (Å²) in [6.45, 7) is 7.93. The molecule has 0 aromatic heterocycles. The van der Waals surface area contributed by atoms with Gasteiger partial charge in [0.2, 0.25) is 5.91 Å².